The van der Waals surface area contributed by atoms with Crippen molar-refractivity contribution in [3.63, 3.8) is 0 Å². The van der Waals surface area contributed by atoms with Gasteiger partial charge in [-0.1, -0.05) is 11.3 Å². The third kappa shape index (κ3) is 3.52. The highest BCUT2D eigenvalue weighted by atomic mass is 32.1. The van der Waals surface area contributed by atoms with Crippen LogP contribution < -0.4 is 15.5 Å². The average Bonchev–Trinajstić information content (AvgIpc) is 3.14. The molecule has 28 heavy (non-hydrogen) atoms. The fourth-order valence-electron chi connectivity index (χ4n) is 3.11. The van der Waals surface area contributed by atoms with E-state index in [0.29, 0.717) is 22.8 Å². The minimum Gasteiger partial charge on any atom is -0.368 e. The molecule has 0 aromatic carbocycles. The third-order valence-electron chi connectivity index (χ3n) is 4.59. The summed E-state index contributed by atoms with van der Waals surface area (Å²) >= 11 is 1.47. The van der Waals surface area contributed by atoms with Gasteiger partial charge in [0.2, 0.25) is 0 Å². The summed E-state index contributed by atoms with van der Waals surface area (Å²) in [6, 6.07) is 6.16. The van der Waals surface area contributed by atoms with Crippen LogP contribution in [0.4, 0.5) is 10.8 Å². The first-order valence-corrected chi connectivity index (χ1v) is 9.86. The topological polar surface area (TPSA) is 103 Å². The Morgan fingerprint density at radius 2 is 2.00 bits per heavy atom. The van der Waals surface area contributed by atoms with Gasteiger partial charge in [-0.05, 0) is 19.1 Å². The summed E-state index contributed by atoms with van der Waals surface area (Å²) in [5.41, 5.74) is 3.63. The van der Waals surface area contributed by atoms with Crippen LogP contribution in [0.1, 0.15) is 11.3 Å². The van der Waals surface area contributed by atoms with Gasteiger partial charge >= 0.3 is 0 Å². The van der Waals surface area contributed by atoms with E-state index < -0.39 is 0 Å². The predicted molar refractivity (Wildman–Crippen MR) is 110 cm³/mol. The monoisotopic (exact) mass is 392 g/mol. The second-order valence-corrected chi connectivity index (χ2v) is 7.39. The number of aryl methyl sites for hydroxylation is 1. The Labute approximate surface area is 167 Å². The zero-order chi connectivity index (χ0) is 19.5. The number of aromatic nitrogens is 4. The maximum absolute atomic E-state index is 9.49. The first-order chi connectivity index (χ1) is 13.7. The normalized spacial score (nSPS) is 14.0. The molecule has 0 aliphatic carbocycles. The summed E-state index contributed by atoms with van der Waals surface area (Å²) in [6.45, 7) is 5.81. The van der Waals surface area contributed by atoms with Gasteiger partial charge in [-0.3, -0.25) is 4.98 Å². The Morgan fingerprint density at radius 1 is 1.18 bits per heavy atom. The van der Waals surface area contributed by atoms with Crippen LogP contribution in [0.2, 0.25) is 0 Å². The van der Waals surface area contributed by atoms with E-state index in [0.717, 1.165) is 47.6 Å². The minimum absolute atomic E-state index is 0.426. The largest absolute Gasteiger partial charge is 0.368 e. The quantitative estimate of drug-likeness (QED) is 0.697. The lowest BCUT2D eigenvalue weighted by Crippen LogP contribution is -2.43. The lowest BCUT2D eigenvalue weighted by molar-refractivity contribution is 0.589. The fraction of sp³-hybridized carbons (Fsp3) is 0.316. The van der Waals surface area contributed by atoms with Gasteiger partial charge in [0.05, 0.1) is 28.0 Å². The molecule has 1 saturated heterocycles. The molecule has 0 saturated carbocycles. The molecule has 2 N–H and O–H groups in total. The summed E-state index contributed by atoms with van der Waals surface area (Å²) < 4.78 is 0. The highest BCUT2D eigenvalue weighted by Crippen LogP contribution is 2.34. The highest BCUT2D eigenvalue weighted by molar-refractivity contribution is 7.19. The lowest BCUT2D eigenvalue weighted by Gasteiger charge is -2.29. The molecule has 4 rings (SSSR count). The average molecular weight is 392 g/mol. The minimum atomic E-state index is 0.426. The van der Waals surface area contributed by atoms with Gasteiger partial charge in [0, 0.05) is 39.4 Å². The summed E-state index contributed by atoms with van der Waals surface area (Å²) in [7, 11) is 1.82. The fourth-order valence-corrected chi connectivity index (χ4v) is 4.04. The van der Waals surface area contributed by atoms with Crippen LogP contribution in [0.25, 0.3) is 22.1 Å². The standard InChI is InChI=1S/C19H20N8S/c1-12-17(28-19(21-2)25-12)16-13(9-20)10-24-18(26-16)15-4-3-14(11-23-15)27-7-5-22-6-8-27/h3-4,10-11,22H,5-8H2,1-2H3,(H,21,25). The van der Waals surface area contributed by atoms with Gasteiger partial charge in [-0.15, -0.1) is 0 Å². The first-order valence-electron chi connectivity index (χ1n) is 9.04. The van der Waals surface area contributed by atoms with Crippen LogP contribution in [-0.4, -0.2) is 53.2 Å². The Kier molecular flexibility index (Phi) is 5.14. The van der Waals surface area contributed by atoms with Gasteiger partial charge in [-0.25, -0.2) is 15.0 Å². The number of hydrogen-bond donors (Lipinski definition) is 2. The van der Waals surface area contributed by atoms with E-state index in [1.54, 1.807) is 6.20 Å². The summed E-state index contributed by atoms with van der Waals surface area (Å²) in [6.07, 6.45) is 3.42. The van der Waals surface area contributed by atoms with Crippen molar-refractivity contribution in [2.75, 3.05) is 43.4 Å². The predicted octanol–water partition coefficient (Wildman–Crippen LogP) is 2.29. The molecule has 0 radical (unpaired) electrons. The molecule has 142 valence electrons. The molecule has 8 nitrogen and oxygen atoms in total. The van der Waals surface area contributed by atoms with Gasteiger partial charge < -0.3 is 15.5 Å². The molecule has 4 heterocycles. The summed E-state index contributed by atoms with van der Waals surface area (Å²) in [4.78, 5) is 21.2. The molecule has 0 atom stereocenters. The molecule has 1 aliphatic heterocycles. The van der Waals surface area contributed by atoms with E-state index in [4.69, 9.17) is 0 Å². The second-order valence-electron chi connectivity index (χ2n) is 6.39. The zero-order valence-corrected chi connectivity index (χ0v) is 16.5. The third-order valence-corrected chi connectivity index (χ3v) is 5.78. The first kappa shape index (κ1) is 18.3. The molecule has 0 spiro atoms. The maximum Gasteiger partial charge on any atom is 0.183 e. The Morgan fingerprint density at radius 3 is 2.64 bits per heavy atom. The summed E-state index contributed by atoms with van der Waals surface area (Å²) in [5.74, 6) is 0.500. The molecule has 0 unspecified atom stereocenters. The van der Waals surface area contributed by atoms with Crippen molar-refractivity contribution in [1.29, 1.82) is 5.26 Å². The van der Waals surface area contributed by atoms with Crippen molar-refractivity contribution >= 4 is 22.2 Å². The van der Waals surface area contributed by atoms with Crippen LogP contribution in [0.15, 0.2) is 24.5 Å². The van der Waals surface area contributed by atoms with Crippen molar-refractivity contribution in [1.82, 2.24) is 25.3 Å². The molecule has 3 aromatic heterocycles. The summed E-state index contributed by atoms with van der Waals surface area (Å²) in [5, 5.41) is 16.7. The van der Waals surface area contributed by atoms with Crippen LogP contribution in [0.3, 0.4) is 0 Å². The van der Waals surface area contributed by atoms with Crippen LogP contribution in [0, 0.1) is 18.3 Å². The molecule has 0 bridgehead atoms. The second kappa shape index (κ2) is 7.88. The smallest absolute Gasteiger partial charge is 0.183 e. The van der Waals surface area contributed by atoms with E-state index in [1.807, 2.05) is 32.3 Å². The Balaban J connectivity index is 1.68. The van der Waals surface area contributed by atoms with E-state index in [-0.39, 0.29) is 0 Å². The molecular formula is C19H20N8S. The van der Waals surface area contributed by atoms with Crippen molar-refractivity contribution in [3.8, 4) is 28.2 Å². The molecule has 0 amide bonds. The number of nitrogens with one attached hydrogen (secondary N) is 2. The van der Waals surface area contributed by atoms with Crippen molar-refractivity contribution in [2.24, 2.45) is 0 Å². The number of anilines is 2. The van der Waals surface area contributed by atoms with E-state index >= 15 is 0 Å². The molecule has 9 heteroatoms. The van der Waals surface area contributed by atoms with Crippen LogP contribution >= 0.6 is 11.3 Å². The van der Waals surface area contributed by atoms with Gasteiger partial charge in [0.15, 0.2) is 11.0 Å². The number of piperazine rings is 1. The SMILES string of the molecule is CNc1nc(C)c(-c2nc(-c3ccc(N4CCNCC4)cn3)ncc2C#N)s1. The number of rotatable bonds is 4. The molecule has 3 aromatic rings. The highest BCUT2D eigenvalue weighted by Gasteiger charge is 2.18. The van der Waals surface area contributed by atoms with Gasteiger partial charge in [0.25, 0.3) is 0 Å². The number of hydrogen-bond acceptors (Lipinski definition) is 9. The lowest BCUT2D eigenvalue weighted by atomic mass is 10.2. The maximum atomic E-state index is 9.49. The Hall–Kier alpha value is -3.09. The number of nitriles is 1. The van der Waals surface area contributed by atoms with Crippen LogP contribution in [0.5, 0.6) is 0 Å². The van der Waals surface area contributed by atoms with Crippen LogP contribution in [-0.2, 0) is 0 Å². The van der Waals surface area contributed by atoms with E-state index in [9.17, 15) is 5.26 Å². The van der Waals surface area contributed by atoms with Crippen molar-refractivity contribution in [2.45, 2.75) is 6.92 Å². The van der Waals surface area contributed by atoms with E-state index in [1.165, 1.54) is 11.3 Å². The van der Waals surface area contributed by atoms with Gasteiger partial charge in [0.1, 0.15) is 17.5 Å². The van der Waals surface area contributed by atoms with Crippen molar-refractivity contribution < 1.29 is 0 Å². The Bertz CT molecular complexity index is 1020. The number of nitrogens with zero attached hydrogens (tertiary/aromatic N) is 6. The molecular weight excluding hydrogens is 372 g/mol. The number of pyridine rings is 1. The van der Waals surface area contributed by atoms with Crippen molar-refractivity contribution in [3.05, 3.63) is 35.8 Å². The van der Waals surface area contributed by atoms with E-state index in [2.05, 4.69) is 41.5 Å². The molecule has 1 fully saturated rings. The number of thiazole rings is 1. The van der Waals surface area contributed by atoms with Gasteiger partial charge in [-0.2, -0.15) is 5.26 Å². The molecule has 1 aliphatic rings. The zero-order valence-electron chi connectivity index (χ0n) is 15.7.